The lowest BCUT2D eigenvalue weighted by molar-refractivity contribution is 0.0931. The summed E-state index contributed by atoms with van der Waals surface area (Å²) in [5, 5.41) is 3.07. The molecule has 0 spiro atoms. The zero-order valence-corrected chi connectivity index (χ0v) is 17.8. The summed E-state index contributed by atoms with van der Waals surface area (Å²) in [6.07, 6.45) is 1.74. The molecule has 7 heteroatoms. The van der Waals surface area contributed by atoms with Crippen LogP contribution in [0.3, 0.4) is 0 Å². The van der Waals surface area contributed by atoms with E-state index in [1.54, 1.807) is 43.8 Å². The molecule has 1 atom stereocenters. The minimum absolute atomic E-state index is 0.264. The number of amides is 1. The van der Waals surface area contributed by atoms with E-state index in [4.69, 9.17) is 4.74 Å². The monoisotopic (exact) mass is 467 g/mol. The van der Waals surface area contributed by atoms with Crippen LogP contribution in [0.2, 0.25) is 0 Å². The van der Waals surface area contributed by atoms with Crippen LogP contribution in [0.5, 0.6) is 5.75 Å². The standard InChI is InChI=1S/C23H19BrFN3O2/c1-30-17-10-11-19(24)18(12-17)23(29)27-21(15-6-8-16(25)9-7-15)13-28-14-26-20-4-2-3-5-22(20)28/h2-12,14,21H,13H2,1H3,(H,27,29)/t21-/m0/s1. The van der Waals surface area contributed by atoms with Crippen LogP contribution >= 0.6 is 15.9 Å². The summed E-state index contributed by atoms with van der Waals surface area (Å²) in [6, 6.07) is 18.7. The van der Waals surface area contributed by atoms with Crippen molar-refractivity contribution in [2.45, 2.75) is 12.6 Å². The van der Waals surface area contributed by atoms with Gasteiger partial charge in [0.2, 0.25) is 0 Å². The highest BCUT2D eigenvalue weighted by molar-refractivity contribution is 9.10. The largest absolute Gasteiger partial charge is 0.497 e. The molecule has 0 bridgehead atoms. The Morgan fingerprint density at radius 2 is 1.93 bits per heavy atom. The highest BCUT2D eigenvalue weighted by Crippen LogP contribution is 2.25. The molecule has 152 valence electrons. The van der Waals surface area contributed by atoms with Gasteiger partial charge in [0.05, 0.1) is 36.1 Å². The van der Waals surface area contributed by atoms with Crippen LogP contribution in [0.15, 0.2) is 77.5 Å². The van der Waals surface area contributed by atoms with Crippen molar-refractivity contribution in [2.75, 3.05) is 7.11 Å². The number of benzene rings is 3. The third-order valence-electron chi connectivity index (χ3n) is 4.90. The van der Waals surface area contributed by atoms with Gasteiger partial charge in [-0.1, -0.05) is 24.3 Å². The Kier molecular flexibility index (Phi) is 5.81. The van der Waals surface area contributed by atoms with Gasteiger partial charge in [0.25, 0.3) is 5.91 Å². The van der Waals surface area contributed by atoms with E-state index in [1.807, 2.05) is 28.8 Å². The van der Waals surface area contributed by atoms with Crippen molar-refractivity contribution in [1.29, 1.82) is 0 Å². The fraction of sp³-hybridized carbons (Fsp3) is 0.130. The van der Waals surface area contributed by atoms with E-state index >= 15 is 0 Å². The van der Waals surface area contributed by atoms with E-state index in [0.717, 1.165) is 16.6 Å². The van der Waals surface area contributed by atoms with Gasteiger partial charge in [-0.3, -0.25) is 4.79 Å². The van der Waals surface area contributed by atoms with E-state index < -0.39 is 6.04 Å². The molecular weight excluding hydrogens is 449 g/mol. The van der Waals surface area contributed by atoms with Crippen LogP contribution in [0, 0.1) is 5.82 Å². The Bertz CT molecular complexity index is 1190. The van der Waals surface area contributed by atoms with Gasteiger partial charge >= 0.3 is 0 Å². The number of fused-ring (bicyclic) bond motifs is 1. The van der Waals surface area contributed by atoms with Crippen molar-refractivity contribution in [3.8, 4) is 5.75 Å². The molecule has 0 fully saturated rings. The Morgan fingerprint density at radius 3 is 2.70 bits per heavy atom. The molecule has 0 saturated carbocycles. The maximum Gasteiger partial charge on any atom is 0.253 e. The second-order valence-corrected chi connectivity index (χ2v) is 7.66. The first-order chi connectivity index (χ1) is 14.5. The van der Waals surface area contributed by atoms with Crippen LogP contribution in [-0.2, 0) is 6.54 Å². The summed E-state index contributed by atoms with van der Waals surface area (Å²) in [5.74, 6) is -0.00532. The first-order valence-electron chi connectivity index (χ1n) is 9.35. The highest BCUT2D eigenvalue weighted by Gasteiger charge is 2.20. The van der Waals surface area contributed by atoms with Crippen LogP contribution in [0.4, 0.5) is 4.39 Å². The average molecular weight is 468 g/mol. The molecule has 0 aliphatic carbocycles. The highest BCUT2D eigenvalue weighted by atomic mass is 79.9. The number of hydrogen-bond acceptors (Lipinski definition) is 3. The molecule has 0 radical (unpaired) electrons. The normalized spacial score (nSPS) is 12.0. The van der Waals surface area contributed by atoms with Gasteiger partial charge in [0, 0.05) is 11.0 Å². The van der Waals surface area contributed by atoms with E-state index in [-0.39, 0.29) is 11.7 Å². The van der Waals surface area contributed by atoms with Gasteiger partial charge < -0.3 is 14.6 Å². The molecule has 3 aromatic carbocycles. The molecule has 4 aromatic rings. The van der Waals surface area contributed by atoms with Gasteiger partial charge in [0.1, 0.15) is 11.6 Å². The predicted molar refractivity (Wildman–Crippen MR) is 117 cm³/mol. The summed E-state index contributed by atoms with van der Waals surface area (Å²) in [4.78, 5) is 17.5. The minimum Gasteiger partial charge on any atom is -0.497 e. The second kappa shape index (κ2) is 8.67. The van der Waals surface area contributed by atoms with E-state index in [1.165, 1.54) is 12.1 Å². The average Bonchev–Trinajstić information content (AvgIpc) is 3.17. The molecule has 1 N–H and O–H groups in total. The van der Waals surface area contributed by atoms with Crippen molar-refractivity contribution in [2.24, 2.45) is 0 Å². The molecule has 0 aliphatic heterocycles. The summed E-state index contributed by atoms with van der Waals surface area (Å²) in [5.41, 5.74) is 3.08. The number of nitrogens with one attached hydrogen (secondary N) is 1. The molecule has 0 saturated heterocycles. The number of carbonyl (C=O) groups excluding carboxylic acids is 1. The van der Waals surface area contributed by atoms with Gasteiger partial charge in [-0.15, -0.1) is 0 Å². The van der Waals surface area contributed by atoms with Crippen molar-refractivity contribution in [3.05, 3.63) is 94.5 Å². The topological polar surface area (TPSA) is 56.1 Å². The quantitative estimate of drug-likeness (QED) is 0.428. The lowest BCUT2D eigenvalue weighted by Gasteiger charge is -2.21. The molecule has 0 unspecified atom stereocenters. The molecule has 1 amide bonds. The minimum atomic E-state index is -0.395. The molecule has 1 aromatic heterocycles. The summed E-state index contributed by atoms with van der Waals surface area (Å²) < 4.78 is 21.4. The zero-order chi connectivity index (χ0) is 21.1. The number of para-hydroxylation sites is 2. The van der Waals surface area contributed by atoms with E-state index in [2.05, 4.69) is 26.2 Å². The molecule has 5 nitrogen and oxygen atoms in total. The van der Waals surface area contributed by atoms with Crippen molar-refractivity contribution in [3.63, 3.8) is 0 Å². The van der Waals surface area contributed by atoms with Crippen LogP contribution in [0.1, 0.15) is 22.0 Å². The Balaban J connectivity index is 1.67. The molecular formula is C23H19BrFN3O2. The van der Waals surface area contributed by atoms with Crippen LogP contribution in [0.25, 0.3) is 11.0 Å². The smallest absolute Gasteiger partial charge is 0.253 e. The number of halogens is 2. The van der Waals surface area contributed by atoms with Crippen molar-refractivity contribution in [1.82, 2.24) is 14.9 Å². The van der Waals surface area contributed by atoms with Gasteiger partial charge in [-0.05, 0) is 64.0 Å². The maximum absolute atomic E-state index is 13.5. The molecule has 30 heavy (non-hydrogen) atoms. The van der Waals surface area contributed by atoms with Crippen LogP contribution in [-0.4, -0.2) is 22.6 Å². The van der Waals surface area contributed by atoms with E-state index in [0.29, 0.717) is 22.3 Å². The van der Waals surface area contributed by atoms with Crippen LogP contribution < -0.4 is 10.1 Å². The van der Waals surface area contributed by atoms with Crippen molar-refractivity contribution >= 4 is 32.9 Å². The number of hydrogen-bond donors (Lipinski definition) is 1. The SMILES string of the molecule is COc1ccc(Br)c(C(=O)N[C@@H](Cn2cnc3ccccc32)c2ccc(F)cc2)c1. The predicted octanol–water partition coefficient (Wildman–Crippen LogP) is 5.12. The lowest BCUT2D eigenvalue weighted by atomic mass is 10.1. The fourth-order valence-corrected chi connectivity index (χ4v) is 3.75. The molecule has 1 heterocycles. The molecule has 0 aliphatic rings. The number of carbonyl (C=O) groups is 1. The van der Waals surface area contributed by atoms with Gasteiger partial charge in [-0.2, -0.15) is 0 Å². The lowest BCUT2D eigenvalue weighted by Crippen LogP contribution is -2.31. The molecule has 4 rings (SSSR count). The number of rotatable bonds is 6. The van der Waals surface area contributed by atoms with Gasteiger partial charge in [0.15, 0.2) is 0 Å². The maximum atomic E-state index is 13.5. The third-order valence-corrected chi connectivity index (χ3v) is 5.59. The first-order valence-corrected chi connectivity index (χ1v) is 10.1. The van der Waals surface area contributed by atoms with E-state index in [9.17, 15) is 9.18 Å². The van der Waals surface area contributed by atoms with Crippen molar-refractivity contribution < 1.29 is 13.9 Å². The fourth-order valence-electron chi connectivity index (χ4n) is 3.32. The number of methoxy groups -OCH3 is 1. The number of nitrogens with zero attached hydrogens (tertiary/aromatic N) is 2. The number of ether oxygens (including phenoxy) is 1. The third kappa shape index (κ3) is 4.21. The number of aromatic nitrogens is 2. The summed E-state index contributed by atoms with van der Waals surface area (Å²) in [6.45, 7) is 0.444. The zero-order valence-electron chi connectivity index (χ0n) is 16.2. The Labute approximate surface area is 181 Å². The summed E-state index contributed by atoms with van der Waals surface area (Å²) in [7, 11) is 1.55. The first kappa shape index (κ1) is 20.1. The number of imidazole rings is 1. The second-order valence-electron chi connectivity index (χ2n) is 6.81. The summed E-state index contributed by atoms with van der Waals surface area (Å²) >= 11 is 3.43. The van der Waals surface area contributed by atoms with Gasteiger partial charge in [-0.25, -0.2) is 9.37 Å². The Hall–Kier alpha value is -3.19. The Morgan fingerprint density at radius 1 is 1.17 bits per heavy atom.